The maximum atomic E-state index is 13.4. The lowest BCUT2D eigenvalue weighted by Gasteiger charge is -2.21. The number of ether oxygens (including phenoxy) is 4. The predicted molar refractivity (Wildman–Crippen MR) is 161 cm³/mol. The van der Waals surface area contributed by atoms with E-state index in [9.17, 15) is 9.18 Å². The number of hydrogen-bond donors (Lipinski definition) is 0. The number of methoxy groups -OCH3 is 1. The fraction of sp³-hybridized carbons (Fsp3) is 0.355. The van der Waals surface area contributed by atoms with Gasteiger partial charge in [-0.1, -0.05) is 43.9 Å². The Bertz CT molecular complexity index is 1470. The van der Waals surface area contributed by atoms with E-state index in [-0.39, 0.29) is 31.1 Å². The number of aromatic nitrogens is 4. The normalized spacial score (nSPS) is 11.8. The third-order valence-corrected chi connectivity index (χ3v) is 8.11. The molecular weight excluding hydrogens is 555 g/mol. The second kappa shape index (κ2) is 13.3. The summed E-state index contributed by atoms with van der Waals surface area (Å²) >= 11 is 0. The van der Waals surface area contributed by atoms with Crippen molar-refractivity contribution in [2.45, 2.75) is 46.3 Å². The zero-order valence-corrected chi connectivity index (χ0v) is 25.9. The fourth-order valence-corrected chi connectivity index (χ4v) is 4.54. The molecule has 9 nitrogen and oxygen atoms in total. The minimum atomic E-state index is -1.24. The number of hydrogen-bond acceptors (Lipinski definition) is 8. The number of carbonyl (C=O) groups is 1. The topological polar surface area (TPSA) is 97.6 Å². The lowest BCUT2D eigenvalue weighted by molar-refractivity contribution is -0.152. The van der Waals surface area contributed by atoms with Gasteiger partial charge in [0.25, 0.3) is 0 Å². The van der Waals surface area contributed by atoms with Gasteiger partial charge in [-0.2, -0.15) is 9.67 Å². The van der Waals surface area contributed by atoms with Crippen molar-refractivity contribution >= 4 is 14.0 Å². The largest absolute Gasteiger partial charge is 0.476 e. The molecule has 222 valence electrons. The molecule has 4 rings (SSSR count). The van der Waals surface area contributed by atoms with Crippen molar-refractivity contribution < 1.29 is 28.1 Å². The quantitative estimate of drug-likeness (QED) is 0.0947. The summed E-state index contributed by atoms with van der Waals surface area (Å²) in [6, 6.07) is 18.5. The van der Waals surface area contributed by atoms with E-state index in [0.29, 0.717) is 24.1 Å². The Kier molecular flexibility index (Phi) is 9.74. The van der Waals surface area contributed by atoms with E-state index < -0.39 is 13.5 Å². The molecule has 0 aliphatic carbocycles. The molecule has 0 saturated heterocycles. The van der Waals surface area contributed by atoms with Gasteiger partial charge in [0.15, 0.2) is 5.82 Å². The van der Waals surface area contributed by atoms with Crippen molar-refractivity contribution in [2.24, 2.45) is 5.41 Å². The molecule has 0 saturated carbocycles. The Morgan fingerprint density at radius 3 is 2.24 bits per heavy atom. The van der Waals surface area contributed by atoms with Crippen LogP contribution < -0.4 is 9.47 Å². The summed E-state index contributed by atoms with van der Waals surface area (Å²) in [5.74, 6) is 0.648. The van der Waals surface area contributed by atoms with Gasteiger partial charge in [-0.25, -0.2) is 9.37 Å². The molecule has 4 aromatic rings. The Morgan fingerprint density at radius 1 is 0.952 bits per heavy atom. The van der Waals surface area contributed by atoms with Crippen molar-refractivity contribution in [1.29, 1.82) is 0 Å². The molecule has 2 heterocycles. The van der Waals surface area contributed by atoms with E-state index in [2.05, 4.69) is 34.7 Å². The van der Waals surface area contributed by atoms with Gasteiger partial charge in [-0.15, -0.1) is 5.10 Å². The van der Waals surface area contributed by atoms with Crippen molar-refractivity contribution in [3.63, 3.8) is 0 Å². The molecule has 0 radical (unpaired) electrons. The smallest absolute Gasteiger partial charge is 0.323 e. The molecule has 0 unspecified atom stereocenters. The molecule has 2 aromatic heterocycles. The molecule has 11 heteroatoms. The van der Waals surface area contributed by atoms with Gasteiger partial charge < -0.3 is 18.9 Å². The van der Waals surface area contributed by atoms with Gasteiger partial charge in [-0.3, -0.25) is 4.79 Å². The summed E-state index contributed by atoms with van der Waals surface area (Å²) in [4.78, 5) is 20.9. The average Bonchev–Trinajstić information content (AvgIpc) is 3.37. The van der Waals surface area contributed by atoms with Crippen molar-refractivity contribution in [3.8, 4) is 40.2 Å². The lowest BCUT2D eigenvalue weighted by atomic mass is 9.95. The lowest BCUT2D eigenvalue weighted by Crippen LogP contribution is -2.32. The van der Waals surface area contributed by atoms with E-state index in [4.69, 9.17) is 18.9 Å². The summed E-state index contributed by atoms with van der Waals surface area (Å²) in [7, 11) is 0.114. The number of esters is 1. The number of nitrogens with zero attached hydrogens (tertiary/aromatic N) is 4. The van der Waals surface area contributed by atoms with Crippen LogP contribution in [0.15, 0.2) is 66.9 Å². The first-order valence-corrected chi connectivity index (χ1v) is 17.4. The Morgan fingerprint density at radius 2 is 1.62 bits per heavy atom. The first-order valence-electron chi connectivity index (χ1n) is 13.7. The van der Waals surface area contributed by atoms with Crippen molar-refractivity contribution in [3.05, 3.63) is 72.7 Å². The zero-order chi connectivity index (χ0) is 30.3. The number of carbonyl (C=O) groups excluding carboxylic acids is 1. The number of pyridine rings is 1. The van der Waals surface area contributed by atoms with Gasteiger partial charge in [-0.05, 0) is 55.8 Å². The summed E-state index contributed by atoms with van der Waals surface area (Å²) in [5, 5.41) is 4.63. The molecule has 42 heavy (non-hydrogen) atoms. The van der Waals surface area contributed by atoms with Crippen LogP contribution in [0.2, 0.25) is 25.7 Å². The molecule has 0 atom stereocenters. The van der Waals surface area contributed by atoms with Gasteiger partial charge >= 0.3 is 12.0 Å². The van der Waals surface area contributed by atoms with E-state index in [1.54, 1.807) is 42.9 Å². The van der Waals surface area contributed by atoms with Crippen LogP contribution in [0.25, 0.3) is 22.5 Å². The second-order valence-corrected chi connectivity index (χ2v) is 17.4. The van der Waals surface area contributed by atoms with Gasteiger partial charge in [0.05, 0.1) is 12.5 Å². The van der Waals surface area contributed by atoms with Crippen LogP contribution in [0.1, 0.15) is 13.8 Å². The first kappa shape index (κ1) is 30.9. The molecule has 0 spiro atoms. The summed E-state index contributed by atoms with van der Waals surface area (Å²) in [6.07, 6.45) is 1.72. The molecule has 2 aromatic carbocycles. The highest BCUT2D eigenvalue weighted by molar-refractivity contribution is 6.76. The molecule has 0 bridgehead atoms. The van der Waals surface area contributed by atoms with Gasteiger partial charge in [0.1, 0.15) is 24.9 Å². The zero-order valence-electron chi connectivity index (χ0n) is 24.9. The molecule has 0 amide bonds. The summed E-state index contributed by atoms with van der Waals surface area (Å²) in [5.41, 5.74) is 1.86. The third kappa shape index (κ3) is 8.46. The van der Waals surface area contributed by atoms with Gasteiger partial charge in [0, 0.05) is 38.1 Å². The van der Waals surface area contributed by atoms with Crippen LogP contribution in [-0.4, -0.2) is 54.1 Å². The summed E-state index contributed by atoms with van der Waals surface area (Å²) < 4.78 is 37.3. The second-order valence-electron chi connectivity index (χ2n) is 11.7. The summed E-state index contributed by atoms with van der Waals surface area (Å²) in [6.45, 7) is 11.4. The number of halogens is 1. The Balaban J connectivity index is 1.47. The van der Waals surface area contributed by atoms with Crippen molar-refractivity contribution in [2.75, 3.05) is 20.3 Å². The highest BCUT2D eigenvalue weighted by Gasteiger charge is 2.30. The SMILES string of the molecule is COC(=O)C(C)(C)COc1ccc(-c2ccc(-c3nc(Oc4ccc(F)cc4)n(COCC[Si](C)(C)C)n3)cc2)cn1. The molecule has 0 N–H and O–H groups in total. The highest BCUT2D eigenvalue weighted by Crippen LogP contribution is 2.28. The standard InChI is InChI=1S/C31H37FN4O5Si/c1-31(2,29(37)38-3)20-40-27-16-11-24(19-33-27)22-7-9-23(10-8-22)28-34-30(41-26-14-12-25(32)13-15-26)36(35-28)21-39-17-18-42(4,5)6/h7-16,19H,17-18,20-21H2,1-6H3. The molecular formula is C31H37FN4O5Si. The average molecular weight is 593 g/mol. The van der Waals surface area contributed by atoms with Crippen LogP contribution in [0.4, 0.5) is 4.39 Å². The van der Waals surface area contributed by atoms with Crippen LogP contribution >= 0.6 is 0 Å². The van der Waals surface area contributed by atoms with E-state index in [0.717, 1.165) is 22.7 Å². The van der Waals surface area contributed by atoms with Crippen LogP contribution in [0.5, 0.6) is 17.6 Å². The predicted octanol–water partition coefficient (Wildman–Crippen LogP) is 6.83. The first-order chi connectivity index (χ1) is 19.9. The van der Waals surface area contributed by atoms with Crippen LogP contribution in [-0.2, 0) is 21.0 Å². The molecule has 0 aliphatic rings. The number of rotatable bonds is 13. The van der Waals surface area contributed by atoms with Crippen molar-refractivity contribution in [1.82, 2.24) is 19.7 Å². The van der Waals surface area contributed by atoms with Crippen LogP contribution in [0, 0.1) is 11.2 Å². The third-order valence-electron chi connectivity index (χ3n) is 6.40. The number of benzene rings is 2. The molecule has 0 fully saturated rings. The van der Waals surface area contributed by atoms with Crippen LogP contribution in [0.3, 0.4) is 0 Å². The maximum Gasteiger partial charge on any atom is 0.323 e. The van der Waals surface area contributed by atoms with E-state index in [1.165, 1.54) is 19.2 Å². The Hall–Kier alpha value is -4.09. The van der Waals surface area contributed by atoms with E-state index >= 15 is 0 Å². The van der Waals surface area contributed by atoms with Gasteiger partial charge in [0.2, 0.25) is 5.88 Å². The minimum Gasteiger partial charge on any atom is -0.476 e. The monoisotopic (exact) mass is 592 g/mol. The Labute approximate surface area is 246 Å². The van der Waals surface area contributed by atoms with E-state index in [1.807, 2.05) is 30.3 Å². The molecule has 0 aliphatic heterocycles. The minimum absolute atomic E-state index is 0.149. The fourth-order valence-electron chi connectivity index (χ4n) is 3.78. The maximum absolute atomic E-state index is 13.4. The highest BCUT2D eigenvalue weighted by atomic mass is 28.3.